The normalized spacial score (nSPS) is 38.9. The van der Waals surface area contributed by atoms with E-state index in [1.807, 2.05) is 11.9 Å². The molecule has 1 spiro atoms. The molecule has 1 N–H and O–H groups in total. The molecule has 2 aliphatic rings. The number of amides is 1. The summed E-state index contributed by atoms with van der Waals surface area (Å²) < 4.78 is 0. The van der Waals surface area contributed by atoms with Crippen LogP contribution in [0, 0.1) is 5.92 Å². The van der Waals surface area contributed by atoms with Crippen molar-refractivity contribution in [3.8, 4) is 0 Å². The van der Waals surface area contributed by atoms with Crippen molar-refractivity contribution in [2.45, 2.75) is 38.3 Å². The minimum absolute atomic E-state index is 0.163. The zero-order chi connectivity index (χ0) is 9.64. The average Bonchev–Trinajstić information content (AvgIpc) is 2.25. The number of carbonyl (C=O) groups is 1. The molecule has 0 bridgehead atoms. The Morgan fingerprint density at radius 1 is 1.62 bits per heavy atom. The van der Waals surface area contributed by atoms with Crippen LogP contribution in [0.4, 0.5) is 0 Å². The summed E-state index contributed by atoms with van der Waals surface area (Å²) in [5.41, 5.74) is -0.163. The van der Waals surface area contributed by atoms with Crippen LogP contribution in [0.2, 0.25) is 0 Å². The van der Waals surface area contributed by atoms with Crippen LogP contribution in [0.15, 0.2) is 0 Å². The number of hydrogen-bond donors (Lipinski definition) is 1. The molecule has 13 heavy (non-hydrogen) atoms. The molecule has 3 nitrogen and oxygen atoms in total. The Bertz CT molecular complexity index is 233. The Balaban J connectivity index is 2.17. The lowest BCUT2D eigenvalue weighted by atomic mass is 9.83. The standard InChI is InChI=1S/C10H18N2O/c1-7(2)8-6-10(4-5-11-10)9(13)12(8)3/h7-8,11H,4-6H2,1-3H3. The number of likely N-dealkylation sites (N-methyl/N-ethyl adjacent to an activating group) is 1. The van der Waals surface area contributed by atoms with Gasteiger partial charge in [-0.25, -0.2) is 0 Å². The topological polar surface area (TPSA) is 32.3 Å². The first-order chi connectivity index (χ1) is 6.07. The summed E-state index contributed by atoms with van der Waals surface area (Å²) in [5, 5.41) is 3.29. The molecule has 0 saturated carbocycles. The summed E-state index contributed by atoms with van der Waals surface area (Å²) in [6, 6.07) is 0.431. The minimum Gasteiger partial charge on any atom is -0.341 e. The molecule has 2 saturated heterocycles. The molecule has 2 atom stereocenters. The molecule has 2 fully saturated rings. The van der Waals surface area contributed by atoms with Crippen molar-refractivity contribution in [1.29, 1.82) is 0 Å². The zero-order valence-corrected chi connectivity index (χ0v) is 8.63. The largest absolute Gasteiger partial charge is 0.341 e. The summed E-state index contributed by atoms with van der Waals surface area (Å²) in [6.45, 7) is 5.38. The quantitative estimate of drug-likeness (QED) is 0.644. The predicted octanol–water partition coefficient (Wildman–Crippen LogP) is 0.605. The highest BCUT2D eigenvalue weighted by molar-refractivity contribution is 5.90. The number of hydrogen-bond acceptors (Lipinski definition) is 2. The third-order valence-electron chi connectivity index (χ3n) is 3.57. The van der Waals surface area contributed by atoms with Gasteiger partial charge in [0.2, 0.25) is 5.91 Å². The van der Waals surface area contributed by atoms with Crippen LogP contribution in [0.3, 0.4) is 0 Å². The SMILES string of the molecule is CC(C)C1CC2(CCN2)C(=O)N1C. The zero-order valence-electron chi connectivity index (χ0n) is 8.63. The van der Waals surface area contributed by atoms with E-state index in [-0.39, 0.29) is 5.54 Å². The number of likely N-dealkylation sites (tertiary alicyclic amines) is 1. The van der Waals surface area contributed by atoms with Crippen LogP contribution in [0.1, 0.15) is 26.7 Å². The Morgan fingerprint density at radius 2 is 2.23 bits per heavy atom. The molecule has 1 amide bonds. The number of rotatable bonds is 1. The lowest BCUT2D eigenvalue weighted by Crippen LogP contribution is -2.61. The van der Waals surface area contributed by atoms with E-state index in [0.29, 0.717) is 17.9 Å². The van der Waals surface area contributed by atoms with E-state index in [1.54, 1.807) is 0 Å². The summed E-state index contributed by atoms with van der Waals surface area (Å²) in [4.78, 5) is 13.8. The molecule has 0 aliphatic carbocycles. The second kappa shape index (κ2) is 2.71. The minimum atomic E-state index is -0.163. The highest BCUT2D eigenvalue weighted by Crippen LogP contribution is 2.37. The van der Waals surface area contributed by atoms with Gasteiger partial charge in [0.05, 0.1) is 0 Å². The van der Waals surface area contributed by atoms with Gasteiger partial charge >= 0.3 is 0 Å². The molecule has 3 heteroatoms. The van der Waals surface area contributed by atoms with E-state index < -0.39 is 0 Å². The van der Waals surface area contributed by atoms with Crippen LogP contribution >= 0.6 is 0 Å². The van der Waals surface area contributed by atoms with Gasteiger partial charge < -0.3 is 10.2 Å². The molecule has 2 heterocycles. The summed E-state index contributed by atoms with van der Waals surface area (Å²) in [6.07, 6.45) is 2.03. The molecule has 2 unspecified atom stereocenters. The first kappa shape index (κ1) is 9.00. The Kier molecular flexibility index (Phi) is 1.88. The molecule has 0 radical (unpaired) electrons. The van der Waals surface area contributed by atoms with Crippen LogP contribution in [-0.4, -0.2) is 36.0 Å². The fourth-order valence-corrected chi connectivity index (χ4v) is 2.54. The van der Waals surface area contributed by atoms with Gasteiger partial charge in [0.15, 0.2) is 0 Å². The molecule has 74 valence electrons. The lowest BCUT2D eigenvalue weighted by Gasteiger charge is -2.37. The first-order valence-corrected chi connectivity index (χ1v) is 5.09. The van der Waals surface area contributed by atoms with Crippen molar-refractivity contribution in [1.82, 2.24) is 10.2 Å². The van der Waals surface area contributed by atoms with E-state index >= 15 is 0 Å². The highest BCUT2D eigenvalue weighted by atomic mass is 16.2. The van der Waals surface area contributed by atoms with Crippen molar-refractivity contribution >= 4 is 5.91 Å². The maximum absolute atomic E-state index is 11.9. The molecular weight excluding hydrogens is 164 g/mol. The molecule has 0 aromatic rings. The van der Waals surface area contributed by atoms with Crippen LogP contribution in [-0.2, 0) is 4.79 Å². The molecule has 2 aliphatic heterocycles. The van der Waals surface area contributed by atoms with Gasteiger partial charge in [0.25, 0.3) is 0 Å². The molecule has 2 rings (SSSR count). The fourth-order valence-electron chi connectivity index (χ4n) is 2.54. The Labute approximate surface area is 79.5 Å². The maximum Gasteiger partial charge on any atom is 0.243 e. The van der Waals surface area contributed by atoms with Gasteiger partial charge in [0.1, 0.15) is 5.54 Å². The Morgan fingerprint density at radius 3 is 2.46 bits per heavy atom. The van der Waals surface area contributed by atoms with Crippen molar-refractivity contribution in [3.05, 3.63) is 0 Å². The third kappa shape index (κ3) is 1.10. The van der Waals surface area contributed by atoms with Gasteiger partial charge in [-0.1, -0.05) is 13.8 Å². The van der Waals surface area contributed by atoms with E-state index in [0.717, 1.165) is 19.4 Å². The first-order valence-electron chi connectivity index (χ1n) is 5.09. The van der Waals surface area contributed by atoms with Gasteiger partial charge in [-0.3, -0.25) is 4.79 Å². The molecule has 0 aromatic heterocycles. The monoisotopic (exact) mass is 182 g/mol. The number of nitrogens with zero attached hydrogens (tertiary/aromatic N) is 1. The number of carbonyl (C=O) groups excluding carboxylic acids is 1. The van der Waals surface area contributed by atoms with Gasteiger partial charge in [-0.15, -0.1) is 0 Å². The van der Waals surface area contributed by atoms with Crippen molar-refractivity contribution in [2.24, 2.45) is 5.92 Å². The maximum atomic E-state index is 11.9. The van der Waals surface area contributed by atoms with Gasteiger partial charge in [0, 0.05) is 13.1 Å². The van der Waals surface area contributed by atoms with Crippen LogP contribution in [0.5, 0.6) is 0 Å². The molecule has 0 aromatic carbocycles. The smallest absolute Gasteiger partial charge is 0.243 e. The number of nitrogens with one attached hydrogen (secondary N) is 1. The lowest BCUT2D eigenvalue weighted by molar-refractivity contribution is -0.135. The second-order valence-corrected chi connectivity index (χ2v) is 4.69. The van der Waals surface area contributed by atoms with Crippen molar-refractivity contribution < 1.29 is 4.79 Å². The summed E-state index contributed by atoms with van der Waals surface area (Å²) >= 11 is 0. The third-order valence-corrected chi connectivity index (χ3v) is 3.57. The van der Waals surface area contributed by atoms with Gasteiger partial charge in [-0.2, -0.15) is 0 Å². The van der Waals surface area contributed by atoms with E-state index in [4.69, 9.17) is 0 Å². The second-order valence-electron chi connectivity index (χ2n) is 4.69. The summed E-state index contributed by atoms with van der Waals surface area (Å²) in [7, 11) is 1.93. The van der Waals surface area contributed by atoms with Crippen LogP contribution < -0.4 is 5.32 Å². The summed E-state index contributed by atoms with van der Waals surface area (Å²) in [5.74, 6) is 0.869. The highest BCUT2D eigenvalue weighted by Gasteiger charge is 2.53. The average molecular weight is 182 g/mol. The van der Waals surface area contributed by atoms with Crippen molar-refractivity contribution in [3.63, 3.8) is 0 Å². The fraction of sp³-hybridized carbons (Fsp3) is 0.900. The van der Waals surface area contributed by atoms with Crippen molar-refractivity contribution in [2.75, 3.05) is 13.6 Å². The Hall–Kier alpha value is -0.570. The van der Waals surface area contributed by atoms with Gasteiger partial charge in [-0.05, 0) is 25.3 Å². The van der Waals surface area contributed by atoms with Crippen LogP contribution in [0.25, 0.3) is 0 Å². The predicted molar refractivity (Wildman–Crippen MR) is 51.4 cm³/mol. The molecular formula is C10H18N2O. The van der Waals surface area contributed by atoms with E-state index in [1.165, 1.54) is 0 Å². The van der Waals surface area contributed by atoms with E-state index in [9.17, 15) is 4.79 Å². The van der Waals surface area contributed by atoms with E-state index in [2.05, 4.69) is 19.2 Å².